The maximum atomic E-state index is 12.3. The Morgan fingerprint density at radius 3 is 2.11 bits per heavy atom. The average Bonchev–Trinajstić information content (AvgIpc) is 2.15. The van der Waals surface area contributed by atoms with Gasteiger partial charge in [0.05, 0.1) is 11.0 Å². The van der Waals surface area contributed by atoms with E-state index in [0.29, 0.717) is 0 Å². The van der Waals surface area contributed by atoms with E-state index in [4.69, 9.17) is 0 Å². The summed E-state index contributed by atoms with van der Waals surface area (Å²) in [6.45, 7) is 0. The number of nitrogens with one attached hydrogen (secondary N) is 1. The Labute approximate surface area is 98.3 Å². The number of hydrogen-bond donors (Lipinski definition) is 1. The minimum Gasteiger partial charge on any atom is -0.403 e. The van der Waals surface area contributed by atoms with E-state index in [1.54, 1.807) is 0 Å². The van der Waals surface area contributed by atoms with Gasteiger partial charge in [0.25, 0.3) is 0 Å². The zero-order chi connectivity index (χ0) is 15.0. The number of rotatable bonds is 2. The topological polar surface area (TPSA) is 85.2 Å². The molecule has 19 heavy (non-hydrogen) atoms. The van der Waals surface area contributed by atoms with Crippen LogP contribution in [0.2, 0.25) is 0 Å². The van der Waals surface area contributed by atoms with E-state index in [0.717, 1.165) is 4.98 Å². The van der Waals surface area contributed by atoms with E-state index < -0.39 is 40.2 Å². The monoisotopic (exact) mass is 292 g/mol. The van der Waals surface area contributed by atoms with Gasteiger partial charge >= 0.3 is 23.8 Å². The molecule has 0 aromatic carbocycles. The quantitative estimate of drug-likeness (QED) is 0.514. The lowest BCUT2D eigenvalue weighted by molar-refractivity contribution is -0.386. The molecule has 1 rings (SSSR count). The predicted molar refractivity (Wildman–Crippen MR) is 45.4 cm³/mol. The summed E-state index contributed by atoms with van der Waals surface area (Å²) in [7, 11) is 0. The Balaban J connectivity index is 3.51. The molecule has 1 aromatic heterocycles. The van der Waals surface area contributed by atoms with E-state index in [1.807, 2.05) is 0 Å². The van der Waals surface area contributed by atoms with Gasteiger partial charge < -0.3 is 9.72 Å². The third-order valence-corrected chi connectivity index (χ3v) is 1.69. The Hall–Kier alpha value is -2.27. The lowest BCUT2D eigenvalue weighted by atomic mass is 10.3. The summed E-state index contributed by atoms with van der Waals surface area (Å²) in [6.07, 6.45) is -10.9. The molecule has 1 heterocycles. The number of ether oxygens (including phenoxy) is 1. The molecule has 0 saturated heterocycles. The van der Waals surface area contributed by atoms with Gasteiger partial charge in [0.2, 0.25) is 0 Å². The van der Waals surface area contributed by atoms with Gasteiger partial charge in [-0.2, -0.15) is 13.2 Å². The summed E-state index contributed by atoms with van der Waals surface area (Å²) in [4.78, 5) is 20.7. The van der Waals surface area contributed by atoms with Gasteiger partial charge in [0.1, 0.15) is 0 Å². The van der Waals surface area contributed by atoms with Crippen LogP contribution in [0.5, 0.6) is 5.75 Å². The van der Waals surface area contributed by atoms with Crippen molar-refractivity contribution >= 4 is 5.69 Å². The van der Waals surface area contributed by atoms with Crippen molar-refractivity contribution in [3.8, 4) is 5.75 Å². The van der Waals surface area contributed by atoms with Crippen LogP contribution in [-0.2, 0) is 6.18 Å². The molecule has 0 fully saturated rings. The van der Waals surface area contributed by atoms with Crippen LogP contribution in [0.3, 0.4) is 0 Å². The van der Waals surface area contributed by atoms with E-state index in [2.05, 4.69) is 4.74 Å². The molecule has 12 heteroatoms. The Morgan fingerprint density at radius 2 is 1.74 bits per heavy atom. The maximum absolute atomic E-state index is 12.3. The van der Waals surface area contributed by atoms with E-state index in [9.17, 15) is 41.3 Å². The van der Waals surface area contributed by atoms with Crippen LogP contribution < -0.4 is 10.3 Å². The predicted octanol–water partition coefficient (Wildman–Crippen LogP) is 2.20. The van der Waals surface area contributed by atoms with Gasteiger partial charge in [-0.1, -0.05) is 0 Å². The molecule has 0 aliphatic heterocycles. The number of aromatic nitrogens is 1. The Bertz CT molecular complexity index is 560. The van der Waals surface area contributed by atoms with Crippen molar-refractivity contribution in [1.29, 1.82) is 0 Å². The molecule has 1 aromatic rings. The standard InChI is InChI=1S/C7H2F6N2O4/c8-6(9,10)4-3(19-7(11,12)13)1-2(15(17)18)5(16)14-4/h1H,(H,14,16). The fourth-order valence-electron chi connectivity index (χ4n) is 1.05. The maximum Gasteiger partial charge on any atom is 0.573 e. The number of alkyl halides is 6. The molecule has 0 amide bonds. The van der Waals surface area contributed by atoms with Crippen molar-refractivity contribution in [1.82, 2.24) is 4.98 Å². The zero-order valence-corrected chi connectivity index (χ0v) is 8.43. The molecule has 0 radical (unpaired) electrons. The lowest BCUT2D eigenvalue weighted by Gasteiger charge is -2.14. The fourth-order valence-corrected chi connectivity index (χ4v) is 1.05. The van der Waals surface area contributed by atoms with Crippen LogP contribution in [0.15, 0.2) is 10.9 Å². The van der Waals surface area contributed by atoms with Crippen LogP contribution in [0, 0.1) is 10.1 Å². The molecule has 6 nitrogen and oxygen atoms in total. The van der Waals surface area contributed by atoms with Gasteiger partial charge in [-0.05, 0) is 0 Å². The minimum absolute atomic E-state index is 0.241. The highest BCUT2D eigenvalue weighted by atomic mass is 19.4. The van der Waals surface area contributed by atoms with Crippen molar-refractivity contribution in [2.75, 3.05) is 0 Å². The first-order valence-electron chi connectivity index (χ1n) is 4.16. The fraction of sp³-hybridized carbons (Fsp3) is 0.286. The molecular formula is C7H2F6N2O4. The van der Waals surface area contributed by atoms with Crippen LogP contribution in [-0.4, -0.2) is 16.3 Å². The summed E-state index contributed by atoms with van der Waals surface area (Å²) < 4.78 is 75.7. The molecule has 0 saturated carbocycles. The third-order valence-electron chi connectivity index (χ3n) is 1.69. The number of H-pyrrole nitrogens is 1. The lowest BCUT2D eigenvalue weighted by Crippen LogP contribution is -2.24. The molecule has 0 unspecified atom stereocenters. The Kier molecular flexibility index (Phi) is 3.45. The molecule has 1 N–H and O–H groups in total. The summed E-state index contributed by atoms with van der Waals surface area (Å²) >= 11 is 0. The molecule has 0 spiro atoms. The van der Waals surface area contributed by atoms with Crippen molar-refractivity contribution in [3.63, 3.8) is 0 Å². The normalized spacial score (nSPS) is 12.3. The first-order chi connectivity index (χ1) is 8.42. The van der Waals surface area contributed by atoms with Crippen LogP contribution >= 0.6 is 0 Å². The number of nitro groups is 1. The SMILES string of the molecule is O=c1[nH]c(C(F)(F)F)c(OC(F)(F)F)cc1[N+](=O)[O-]. The zero-order valence-electron chi connectivity index (χ0n) is 8.43. The van der Waals surface area contributed by atoms with Crippen LogP contribution in [0.1, 0.15) is 5.69 Å². The van der Waals surface area contributed by atoms with Crippen molar-refractivity contribution in [2.45, 2.75) is 12.5 Å². The van der Waals surface area contributed by atoms with Gasteiger partial charge in [-0.15, -0.1) is 13.2 Å². The smallest absolute Gasteiger partial charge is 0.403 e. The largest absolute Gasteiger partial charge is 0.573 e. The van der Waals surface area contributed by atoms with Crippen molar-refractivity contribution < 1.29 is 36.0 Å². The molecule has 106 valence electrons. The highest BCUT2D eigenvalue weighted by molar-refractivity contribution is 5.40. The van der Waals surface area contributed by atoms with Gasteiger partial charge in [0, 0.05) is 0 Å². The molecule has 0 atom stereocenters. The first kappa shape index (κ1) is 14.8. The van der Waals surface area contributed by atoms with Crippen molar-refractivity contribution in [3.05, 3.63) is 32.2 Å². The first-order valence-corrected chi connectivity index (χ1v) is 4.16. The molecular weight excluding hydrogens is 290 g/mol. The van der Waals surface area contributed by atoms with Gasteiger partial charge in [-0.3, -0.25) is 14.9 Å². The third kappa shape index (κ3) is 3.59. The Morgan fingerprint density at radius 1 is 1.21 bits per heavy atom. The molecule has 0 aliphatic rings. The molecule has 0 aliphatic carbocycles. The van der Waals surface area contributed by atoms with Gasteiger partial charge in [0.15, 0.2) is 11.4 Å². The number of hydrogen-bond acceptors (Lipinski definition) is 4. The summed E-state index contributed by atoms with van der Waals surface area (Å²) in [6, 6.07) is -0.241. The number of nitrogens with zero attached hydrogens (tertiary/aromatic N) is 1. The summed E-state index contributed by atoms with van der Waals surface area (Å²) in [5, 5.41) is 10.3. The second kappa shape index (κ2) is 4.44. The van der Waals surface area contributed by atoms with Crippen LogP contribution in [0.4, 0.5) is 32.0 Å². The van der Waals surface area contributed by atoms with E-state index in [1.165, 1.54) is 0 Å². The van der Waals surface area contributed by atoms with Crippen molar-refractivity contribution in [2.24, 2.45) is 0 Å². The molecule has 0 bridgehead atoms. The number of halogens is 6. The highest BCUT2D eigenvalue weighted by Gasteiger charge is 2.42. The van der Waals surface area contributed by atoms with Gasteiger partial charge in [-0.25, -0.2) is 0 Å². The average molecular weight is 292 g/mol. The van der Waals surface area contributed by atoms with E-state index in [-0.39, 0.29) is 6.07 Å². The summed E-state index contributed by atoms with van der Waals surface area (Å²) in [5.74, 6) is -1.91. The second-order valence-corrected chi connectivity index (χ2v) is 3.03. The van der Waals surface area contributed by atoms with Crippen LogP contribution in [0.25, 0.3) is 0 Å². The second-order valence-electron chi connectivity index (χ2n) is 3.03. The highest BCUT2D eigenvalue weighted by Crippen LogP contribution is 2.37. The summed E-state index contributed by atoms with van der Waals surface area (Å²) in [5.41, 5.74) is -5.47. The minimum atomic E-state index is -5.51. The number of pyridine rings is 1. The number of aromatic amines is 1. The van der Waals surface area contributed by atoms with E-state index >= 15 is 0 Å².